The molecule has 1 atom stereocenters. The zero-order chi connectivity index (χ0) is 18.4. The molecule has 0 spiro atoms. The summed E-state index contributed by atoms with van der Waals surface area (Å²) in [6.45, 7) is 0.729. The van der Waals surface area contributed by atoms with Crippen molar-refractivity contribution in [2.24, 2.45) is 12.0 Å². The Labute approximate surface area is 169 Å². The first kappa shape index (κ1) is 22.3. The second kappa shape index (κ2) is 10.4. The number of halogens is 3. The van der Waals surface area contributed by atoms with Gasteiger partial charge in [-0.1, -0.05) is 0 Å². The SMILES string of the molecule is CN=C(NCc1cc(F)ccc1F)NCC(c1cnn(C)c1)N(C)C.I. The van der Waals surface area contributed by atoms with Gasteiger partial charge in [-0.3, -0.25) is 9.67 Å². The summed E-state index contributed by atoms with van der Waals surface area (Å²) < 4.78 is 28.7. The lowest BCUT2D eigenvalue weighted by Gasteiger charge is -2.24. The lowest BCUT2D eigenvalue weighted by atomic mass is 10.1. The van der Waals surface area contributed by atoms with Crippen LogP contribution in [-0.4, -0.2) is 48.3 Å². The van der Waals surface area contributed by atoms with Gasteiger partial charge in [-0.05, 0) is 32.3 Å². The number of guanidine groups is 1. The van der Waals surface area contributed by atoms with E-state index in [1.54, 1.807) is 11.7 Å². The Bertz CT molecular complexity index is 732. The zero-order valence-electron chi connectivity index (χ0n) is 15.3. The molecule has 0 amide bonds. The van der Waals surface area contributed by atoms with Crippen LogP contribution in [0.4, 0.5) is 8.78 Å². The van der Waals surface area contributed by atoms with Gasteiger partial charge in [0.15, 0.2) is 5.96 Å². The van der Waals surface area contributed by atoms with Gasteiger partial charge >= 0.3 is 0 Å². The van der Waals surface area contributed by atoms with Crippen LogP contribution in [0.25, 0.3) is 0 Å². The number of aryl methyl sites for hydroxylation is 1. The Hall–Kier alpha value is -1.75. The number of nitrogens with one attached hydrogen (secondary N) is 2. The van der Waals surface area contributed by atoms with Crippen LogP contribution in [-0.2, 0) is 13.6 Å². The summed E-state index contributed by atoms with van der Waals surface area (Å²) in [5, 5.41) is 10.4. The van der Waals surface area contributed by atoms with Gasteiger partial charge in [0, 0.05) is 44.5 Å². The molecule has 0 saturated carbocycles. The Kier molecular flexibility index (Phi) is 8.93. The minimum Gasteiger partial charge on any atom is -0.354 e. The molecule has 1 aromatic heterocycles. The van der Waals surface area contributed by atoms with Gasteiger partial charge in [0.25, 0.3) is 0 Å². The number of aliphatic imine (C=N–C) groups is 1. The minimum atomic E-state index is -0.467. The fourth-order valence-electron chi connectivity index (χ4n) is 2.48. The lowest BCUT2D eigenvalue weighted by molar-refractivity contribution is 0.298. The normalized spacial score (nSPS) is 12.7. The van der Waals surface area contributed by atoms with Gasteiger partial charge in [-0.2, -0.15) is 5.10 Å². The van der Waals surface area contributed by atoms with E-state index in [9.17, 15) is 8.78 Å². The average molecular weight is 478 g/mol. The van der Waals surface area contributed by atoms with Gasteiger partial charge in [0.05, 0.1) is 12.2 Å². The molecule has 6 nitrogen and oxygen atoms in total. The highest BCUT2D eigenvalue weighted by Gasteiger charge is 2.16. The van der Waals surface area contributed by atoms with Crippen LogP contribution in [0.3, 0.4) is 0 Å². The first-order valence-electron chi connectivity index (χ1n) is 7.94. The quantitative estimate of drug-likeness (QED) is 0.380. The largest absolute Gasteiger partial charge is 0.354 e. The van der Waals surface area contributed by atoms with Crippen molar-refractivity contribution in [1.29, 1.82) is 0 Å². The average Bonchev–Trinajstić information content (AvgIpc) is 2.99. The van der Waals surface area contributed by atoms with E-state index < -0.39 is 11.6 Å². The lowest BCUT2D eigenvalue weighted by Crippen LogP contribution is -2.41. The molecule has 144 valence electrons. The van der Waals surface area contributed by atoms with E-state index in [1.807, 2.05) is 33.5 Å². The molecule has 0 radical (unpaired) electrons. The smallest absolute Gasteiger partial charge is 0.191 e. The number of hydrogen-bond acceptors (Lipinski definition) is 3. The Morgan fingerprint density at radius 1 is 1.31 bits per heavy atom. The van der Waals surface area contributed by atoms with Crippen molar-refractivity contribution in [1.82, 2.24) is 25.3 Å². The molecule has 2 aromatic rings. The molecule has 1 unspecified atom stereocenters. The highest BCUT2D eigenvalue weighted by atomic mass is 127. The van der Waals surface area contributed by atoms with Gasteiger partial charge in [0.2, 0.25) is 0 Å². The topological polar surface area (TPSA) is 57.5 Å². The maximum absolute atomic E-state index is 13.7. The molecule has 2 N–H and O–H groups in total. The van der Waals surface area contributed by atoms with Gasteiger partial charge in [0.1, 0.15) is 11.6 Å². The Balaban J connectivity index is 0.00000338. The predicted octanol–water partition coefficient (Wildman–Crippen LogP) is 2.28. The molecule has 0 bridgehead atoms. The van der Waals surface area contributed by atoms with Crippen LogP contribution in [0.15, 0.2) is 35.6 Å². The number of nitrogens with zero attached hydrogens (tertiary/aromatic N) is 4. The minimum absolute atomic E-state index is 0. The van der Waals surface area contributed by atoms with E-state index in [-0.39, 0.29) is 42.1 Å². The van der Waals surface area contributed by atoms with E-state index in [1.165, 1.54) is 6.07 Å². The number of likely N-dealkylation sites (N-methyl/N-ethyl adjacent to an activating group) is 1. The molecule has 26 heavy (non-hydrogen) atoms. The van der Waals surface area contributed by atoms with E-state index in [0.29, 0.717) is 12.5 Å². The number of hydrogen-bond donors (Lipinski definition) is 2. The molecule has 2 rings (SSSR count). The third-order valence-electron chi connectivity index (χ3n) is 3.87. The first-order chi connectivity index (χ1) is 11.9. The van der Waals surface area contributed by atoms with E-state index in [4.69, 9.17) is 0 Å². The standard InChI is InChI=1S/C17H24F2N6.HI/c1-20-17(21-8-12-7-14(18)5-6-15(12)19)22-10-16(24(2)3)13-9-23-25(4)11-13;/h5-7,9,11,16H,8,10H2,1-4H3,(H2,20,21,22);1H. The molecule has 0 aliphatic carbocycles. The van der Waals surface area contributed by atoms with E-state index in [0.717, 1.165) is 17.7 Å². The van der Waals surface area contributed by atoms with Crippen molar-refractivity contribution in [2.45, 2.75) is 12.6 Å². The van der Waals surface area contributed by atoms with Crippen LogP contribution >= 0.6 is 24.0 Å². The third-order valence-corrected chi connectivity index (χ3v) is 3.87. The first-order valence-corrected chi connectivity index (χ1v) is 7.94. The van der Waals surface area contributed by atoms with Crippen LogP contribution in [0.1, 0.15) is 17.2 Å². The van der Waals surface area contributed by atoms with Crippen LogP contribution in [0.2, 0.25) is 0 Å². The van der Waals surface area contributed by atoms with Crippen molar-refractivity contribution in [3.05, 3.63) is 53.4 Å². The predicted molar refractivity (Wildman–Crippen MR) is 110 cm³/mol. The highest BCUT2D eigenvalue weighted by Crippen LogP contribution is 2.16. The summed E-state index contributed by atoms with van der Waals surface area (Å²) in [7, 11) is 7.47. The molecule has 9 heteroatoms. The fraction of sp³-hybridized carbons (Fsp3) is 0.412. The molecule has 0 aliphatic heterocycles. The monoisotopic (exact) mass is 478 g/mol. The van der Waals surface area contributed by atoms with Gasteiger partial charge in [-0.15, -0.1) is 24.0 Å². The second-order valence-corrected chi connectivity index (χ2v) is 5.97. The number of aromatic nitrogens is 2. The van der Waals surface area contributed by atoms with Gasteiger partial charge in [-0.25, -0.2) is 8.78 Å². The Morgan fingerprint density at radius 3 is 2.62 bits per heavy atom. The molecule has 1 heterocycles. The summed E-state index contributed by atoms with van der Waals surface area (Å²) >= 11 is 0. The van der Waals surface area contributed by atoms with E-state index >= 15 is 0 Å². The molecule has 0 fully saturated rings. The maximum atomic E-state index is 13.7. The second-order valence-electron chi connectivity index (χ2n) is 5.97. The summed E-state index contributed by atoms with van der Waals surface area (Å²) in [5.41, 5.74) is 1.32. The van der Waals surface area contributed by atoms with Crippen molar-refractivity contribution >= 4 is 29.9 Å². The number of rotatable bonds is 6. The zero-order valence-corrected chi connectivity index (χ0v) is 17.7. The Morgan fingerprint density at radius 2 is 2.04 bits per heavy atom. The van der Waals surface area contributed by atoms with Crippen molar-refractivity contribution in [3.8, 4) is 0 Å². The van der Waals surface area contributed by atoms with E-state index in [2.05, 4.69) is 25.6 Å². The molecule has 0 aliphatic rings. The third kappa shape index (κ3) is 6.20. The fourth-order valence-corrected chi connectivity index (χ4v) is 2.48. The summed E-state index contributed by atoms with van der Waals surface area (Å²) in [4.78, 5) is 6.20. The van der Waals surface area contributed by atoms with Crippen LogP contribution in [0.5, 0.6) is 0 Å². The molecular weight excluding hydrogens is 453 g/mol. The summed E-state index contributed by atoms with van der Waals surface area (Å²) in [6, 6.07) is 3.49. The molecular formula is C17H25F2IN6. The summed E-state index contributed by atoms with van der Waals surface area (Å²) in [6.07, 6.45) is 3.79. The van der Waals surface area contributed by atoms with Gasteiger partial charge < -0.3 is 15.5 Å². The van der Waals surface area contributed by atoms with Crippen molar-refractivity contribution < 1.29 is 8.78 Å². The summed E-state index contributed by atoms with van der Waals surface area (Å²) in [5.74, 6) is -0.407. The maximum Gasteiger partial charge on any atom is 0.191 e. The van der Waals surface area contributed by atoms with Crippen molar-refractivity contribution in [2.75, 3.05) is 27.7 Å². The number of benzene rings is 1. The van der Waals surface area contributed by atoms with Crippen LogP contribution in [0, 0.1) is 11.6 Å². The van der Waals surface area contributed by atoms with Crippen LogP contribution < -0.4 is 10.6 Å². The molecule has 1 aromatic carbocycles. The van der Waals surface area contributed by atoms with Crippen molar-refractivity contribution in [3.63, 3.8) is 0 Å². The highest BCUT2D eigenvalue weighted by molar-refractivity contribution is 14.0. The molecule has 0 saturated heterocycles.